The third-order valence-electron chi connectivity index (χ3n) is 4.15. The number of hydrogen-bond acceptors (Lipinski definition) is 4. The molecule has 1 N–H and O–H groups in total. The molecule has 0 aliphatic heterocycles. The van der Waals surface area contributed by atoms with Gasteiger partial charge in [0.2, 0.25) is 0 Å². The lowest BCUT2D eigenvalue weighted by atomic mass is 9.83. The van der Waals surface area contributed by atoms with Crippen LogP contribution in [0.2, 0.25) is 10.0 Å². The summed E-state index contributed by atoms with van der Waals surface area (Å²) in [5, 5.41) is 4.66. The lowest BCUT2D eigenvalue weighted by Gasteiger charge is -2.26. The Hall–Kier alpha value is -0.580. The van der Waals surface area contributed by atoms with Gasteiger partial charge in [-0.05, 0) is 30.7 Å². The van der Waals surface area contributed by atoms with Crippen molar-refractivity contribution in [1.82, 2.24) is 8.75 Å². The summed E-state index contributed by atoms with van der Waals surface area (Å²) >= 11 is 13.6. The van der Waals surface area contributed by atoms with Crippen molar-refractivity contribution < 1.29 is 0 Å². The summed E-state index contributed by atoms with van der Waals surface area (Å²) in [5.41, 5.74) is 2.40. The predicted molar refractivity (Wildman–Crippen MR) is 87.0 cm³/mol. The van der Waals surface area contributed by atoms with Crippen molar-refractivity contribution in [3.63, 3.8) is 0 Å². The predicted octanol–water partition coefficient (Wildman–Crippen LogP) is 5.24. The number of benzene rings is 1. The number of aromatic nitrogens is 2. The normalized spacial score (nSPS) is 23.1. The zero-order chi connectivity index (χ0) is 14.1. The summed E-state index contributed by atoms with van der Waals surface area (Å²) < 4.78 is 8.54. The Morgan fingerprint density at radius 3 is 2.60 bits per heavy atom. The molecule has 6 heteroatoms. The molecule has 0 amide bonds. The van der Waals surface area contributed by atoms with E-state index in [-0.39, 0.29) is 0 Å². The maximum Gasteiger partial charge on any atom is 0.130 e. The molecule has 0 spiro atoms. The minimum atomic E-state index is 0.566. The summed E-state index contributed by atoms with van der Waals surface area (Å²) in [6, 6.07) is 1.75. The molecule has 0 atom stereocenters. The molecule has 1 aromatic carbocycles. The van der Waals surface area contributed by atoms with E-state index in [0.29, 0.717) is 10.0 Å². The fourth-order valence-electron chi connectivity index (χ4n) is 2.82. The van der Waals surface area contributed by atoms with Gasteiger partial charge >= 0.3 is 0 Å². The second kappa shape index (κ2) is 6.04. The molecule has 1 aromatic heterocycles. The van der Waals surface area contributed by atoms with Crippen LogP contribution >= 0.6 is 34.9 Å². The fraction of sp³-hybridized carbons (Fsp3) is 0.571. The van der Waals surface area contributed by atoms with Crippen LogP contribution in [0.5, 0.6) is 0 Å². The largest absolute Gasteiger partial charge is 0.382 e. The van der Waals surface area contributed by atoms with Crippen LogP contribution in [0.3, 0.4) is 0 Å². The van der Waals surface area contributed by atoms with E-state index < -0.39 is 0 Å². The quantitative estimate of drug-likeness (QED) is 0.837. The summed E-state index contributed by atoms with van der Waals surface area (Å²) in [6.07, 6.45) is 5.23. The molecule has 3 rings (SSSR count). The molecular formula is C14H17Cl2N3S. The molecule has 0 saturated heterocycles. The topological polar surface area (TPSA) is 37.8 Å². The first kappa shape index (κ1) is 14.4. The number of fused-ring (bicyclic) bond motifs is 1. The molecule has 1 heterocycles. The van der Waals surface area contributed by atoms with E-state index in [9.17, 15) is 0 Å². The second-order valence-corrected chi connectivity index (χ2v) is 7.03. The third kappa shape index (κ3) is 2.87. The summed E-state index contributed by atoms with van der Waals surface area (Å²) in [5.74, 6) is 1.60. The number of nitrogens with one attached hydrogen (secondary N) is 1. The SMILES string of the molecule is CC1CCC(CNc2c(Cl)cc(Cl)c3nsnc23)CC1. The van der Waals surface area contributed by atoms with Gasteiger partial charge in [-0.1, -0.05) is 43.0 Å². The van der Waals surface area contributed by atoms with Gasteiger partial charge in [-0.15, -0.1) is 0 Å². The molecule has 0 radical (unpaired) electrons. The van der Waals surface area contributed by atoms with Gasteiger partial charge in [0.05, 0.1) is 27.5 Å². The van der Waals surface area contributed by atoms with E-state index in [4.69, 9.17) is 23.2 Å². The minimum Gasteiger partial charge on any atom is -0.382 e. The monoisotopic (exact) mass is 329 g/mol. The lowest BCUT2D eigenvalue weighted by Crippen LogP contribution is -2.20. The van der Waals surface area contributed by atoms with Crippen LogP contribution < -0.4 is 5.32 Å². The number of halogens is 2. The Morgan fingerprint density at radius 2 is 1.85 bits per heavy atom. The maximum absolute atomic E-state index is 6.30. The molecule has 1 saturated carbocycles. The van der Waals surface area contributed by atoms with Gasteiger partial charge in [-0.25, -0.2) is 0 Å². The number of nitrogens with zero attached hydrogens (tertiary/aromatic N) is 2. The first-order chi connectivity index (χ1) is 9.65. The van der Waals surface area contributed by atoms with Crippen LogP contribution in [0.1, 0.15) is 32.6 Å². The van der Waals surface area contributed by atoms with E-state index in [1.165, 1.54) is 37.4 Å². The van der Waals surface area contributed by atoms with Gasteiger partial charge in [0.25, 0.3) is 0 Å². The molecule has 0 bridgehead atoms. The average Bonchev–Trinajstić information content (AvgIpc) is 2.90. The molecule has 0 unspecified atom stereocenters. The highest BCUT2D eigenvalue weighted by atomic mass is 35.5. The van der Waals surface area contributed by atoms with Crippen molar-refractivity contribution in [1.29, 1.82) is 0 Å². The smallest absolute Gasteiger partial charge is 0.130 e. The Bertz CT molecular complexity index is 606. The average molecular weight is 330 g/mol. The van der Waals surface area contributed by atoms with Gasteiger partial charge in [0.1, 0.15) is 11.0 Å². The van der Waals surface area contributed by atoms with Gasteiger partial charge in [0, 0.05) is 6.54 Å². The zero-order valence-corrected chi connectivity index (χ0v) is 13.7. The fourth-order valence-corrected chi connectivity index (χ4v) is 4.00. The van der Waals surface area contributed by atoms with Gasteiger partial charge < -0.3 is 5.32 Å². The first-order valence-corrected chi connectivity index (χ1v) is 8.48. The Labute approximate surface area is 133 Å². The number of rotatable bonds is 3. The maximum atomic E-state index is 6.30. The Balaban J connectivity index is 1.76. The van der Waals surface area contributed by atoms with Crippen LogP contribution in [-0.4, -0.2) is 15.3 Å². The molecule has 20 heavy (non-hydrogen) atoms. The van der Waals surface area contributed by atoms with Crippen LogP contribution in [-0.2, 0) is 0 Å². The van der Waals surface area contributed by atoms with E-state index >= 15 is 0 Å². The molecule has 1 aliphatic carbocycles. The van der Waals surface area contributed by atoms with Gasteiger partial charge in [-0.3, -0.25) is 0 Å². The third-order valence-corrected chi connectivity index (χ3v) is 5.26. The van der Waals surface area contributed by atoms with Crippen molar-refractivity contribution in [2.75, 3.05) is 11.9 Å². The van der Waals surface area contributed by atoms with Crippen LogP contribution in [0.15, 0.2) is 6.07 Å². The minimum absolute atomic E-state index is 0.566. The van der Waals surface area contributed by atoms with E-state index in [1.54, 1.807) is 6.07 Å². The second-order valence-electron chi connectivity index (χ2n) is 5.68. The Kier molecular flexibility index (Phi) is 4.34. The highest BCUT2D eigenvalue weighted by Crippen LogP contribution is 2.36. The number of hydrogen-bond donors (Lipinski definition) is 1. The van der Waals surface area contributed by atoms with Crippen molar-refractivity contribution >= 4 is 51.7 Å². The van der Waals surface area contributed by atoms with Crippen molar-refractivity contribution in [3.8, 4) is 0 Å². The highest BCUT2D eigenvalue weighted by molar-refractivity contribution is 7.00. The lowest BCUT2D eigenvalue weighted by molar-refractivity contribution is 0.300. The molecule has 2 aromatic rings. The molecule has 1 fully saturated rings. The summed E-state index contributed by atoms with van der Waals surface area (Å²) in [4.78, 5) is 0. The highest BCUT2D eigenvalue weighted by Gasteiger charge is 2.19. The molecular weight excluding hydrogens is 313 g/mol. The zero-order valence-electron chi connectivity index (χ0n) is 11.3. The van der Waals surface area contributed by atoms with Crippen molar-refractivity contribution in [2.24, 2.45) is 11.8 Å². The molecule has 1 aliphatic rings. The van der Waals surface area contributed by atoms with E-state index in [2.05, 4.69) is 21.0 Å². The van der Waals surface area contributed by atoms with Crippen molar-refractivity contribution in [2.45, 2.75) is 32.6 Å². The van der Waals surface area contributed by atoms with Crippen LogP contribution in [0, 0.1) is 11.8 Å². The van der Waals surface area contributed by atoms with Crippen LogP contribution in [0.4, 0.5) is 5.69 Å². The van der Waals surface area contributed by atoms with Gasteiger partial charge in [-0.2, -0.15) is 8.75 Å². The van der Waals surface area contributed by atoms with E-state index in [1.807, 2.05) is 0 Å². The first-order valence-electron chi connectivity index (χ1n) is 6.99. The summed E-state index contributed by atoms with van der Waals surface area (Å²) in [7, 11) is 0. The van der Waals surface area contributed by atoms with Crippen molar-refractivity contribution in [3.05, 3.63) is 16.1 Å². The molecule has 108 valence electrons. The van der Waals surface area contributed by atoms with E-state index in [0.717, 1.165) is 35.1 Å². The van der Waals surface area contributed by atoms with Gasteiger partial charge in [0.15, 0.2) is 0 Å². The summed E-state index contributed by atoms with van der Waals surface area (Å²) in [6.45, 7) is 3.28. The Morgan fingerprint density at radius 1 is 1.15 bits per heavy atom. The molecule has 3 nitrogen and oxygen atoms in total. The standard InChI is InChI=1S/C14H17Cl2N3S/c1-8-2-4-9(5-3-8)7-17-12-10(15)6-11(16)13-14(12)19-20-18-13/h6,8-9,17H,2-5,7H2,1H3. The van der Waals surface area contributed by atoms with Crippen LogP contribution in [0.25, 0.3) is 11.0 Å². The number of anilines is 1.